The summed E-state index contributed by atoms with van der Waals surface area (Å²) in [5.74, 6) is -1.43. The second kappa shape index (κ2) is 9.60. The molecule has 0 aromatic heterocycles. The van der Waals surface area contributed by atoms with Gasteiger partial charge in [-0.15, -0.1) is 0 Å². The first-order valence-corrected chi connectivity index (χ1v) is 11.9. The molecule has 3 aromatic carbocycles. The number of carbonyl (C=O) groups excluding carboxylic acids is 3. The van der Waals surface area contributed by atoms with Crippen molar-refractivity contribution >= 4 is 69.0 Å². The summed E-state index contributed by atoms with van der Waals surface area (Å²) in [6, 6.07) is 17.9. The minimum absolute atomic E-state index is 0.0291. The number of rotatable bonds is 5. The van der Waals surface area contributed by atoms with E-state index in [4.69, 9.17) is 11.6 Å². The molecule has 3 amide bonds. The van der Waals surface area contributed by atoms with Gasteiger partial charge in [0.25, 0.3) is 17.7 Å². The molecule has 1 heterocycles. The number of anilines is 3. The largest absolute Gasteiger partial charge is 0.350 e. The number of halogens is 2. The van der Waals surface area contributed by atoms with E-state index in [1.54, 1.807) is 30.3 Å². The monoisotopic (exact) mass is 585 g/mol. The van der Waals surface area contributed by atoms with Gasteiger partial charge in [0.1, 0.15) is 10.7 Å². The molecule has 0 spiro atoms. The maximum absolute atomic E-state index is 13.1. The number of carbonyl (C=O) groups is 3. The van der Waals surface area contributed by atoms with Crippen molar-refractivity contribution in [2.24, 2.45) is 0 Å². The lowest BCUT2D eigenvalue weighted by Gasteiger charge is -2.18. The van der Waals surface area contributed by atoms with Crippen molar-refractivity contribution in [1.29, 1.82) is 0 Å². The van der Waals surface area contributed by atoms with Crippen LogP contribution < -0.4 is 15.5 Å². The molecule has 0 unspecified atom stereocenters. The summed E-state index contributed by atoms with van der Waals surface area (Å²) in [4.78, 5) is 39.9. The number of hydrogen-bond acceptors (Lipinski definition) is 4. The highest BCUT2D eigenvalue weighted by Crippen LogP contribution is 2.32. The molecule has 2 N–H and O–H groups in total. The second-order valence-electron chi connectivity index (χ2n) is 8.04. The van der Waals surface area contributed by atoms with Gasteiger partial charge in [0, 0.05) is 20.5 Å². The molecule has 1 aliphatic rings. The first-order chi connectivity index (χ1) is 16.2. The molecule has 172 valence electrons. The normalized spacial score (nSPS) is 13.5. The first-order valence-electron chi connectivity index (χ1n) is 10.5. The Morgan fingerprint density at radius 1 is 0.912 bits per heavy atom. The molecule has 1 aliphatic heterocycles. The van der Waals surface area contributed by atoms with Gasteiger partial charge in [-0.2, -0.15) is 0 Å². The molecular weight excluding hydrogens is 565 g/mol. The molecule has 4 rings (SSSR count). The van der Waals surface area contributed by atoms with Gasteiger partial charge >= 0.3 is 0 Å². The van der Waals surface area contributed by atoms with Gasteiger partial charge in [-0.05, 0) is 103 Å². The Hall–Kier alpha value is -3.17. The van der Waals surface area contributed by atoms with Crippen LogP contribution in [-0.4, -0.2) is 17.7 Å². The van der Waals surface area contributed by atoms with Crippen LogP contribution >= 0.6 is 34.2 Å². The van der Waals surface area contributed by atoms with Gasteiger partial charge in [0.15, 0.2) is 0 Å². The maximum Gasteiger partial charge on any atom is 0.283 e. The number of nitrogens with one attached hydrogen (secondary N) is 2. The number of aryl methyl sites for hydroxylation is 3. The zero-order chi connectivity index (χ0) is 24.6. The summed E-state index contributed by atoms with van der Waals surface area (Å²) in [6.45, 7) is 5.64. The highest BCUT2D eigenvalue weighted by molar-refractivity contribution is 14.1. The van der Waals surface area contributed by atoms with E-state index >= 15 is 0 Å². The molecule has 3 aromatic rings. The van der Waals surface area contributed by atoms with Gasteiger partial charge in [-0.25, -0.2) is 4.90 Å². The molecule has 0 saturated heterocycles. The molecule has 0 radical (unpaired) electrons. The molecule has 0 aliphatic carbocycles. The van der Waals surface area contributed by atoms with Gasteiger partial charge in [-0.3, -0.25) is 14.4 Å². The fraction of sp³-hybridized carbons (Fsp3) is 0.115. The van der Waals surface area contributed by atoms with Crippen LogP contribution in [0.3, 0.4) is 0 Å². The van der Waals surface area contributed by atoms with Crippen LogP contribution in [0.1, 0.15) is 27.0 Å². The molecule has 0 bridgehead atoms. The van der Waals surface area contributed by atoms with Crippen molar-refractivity contribution in [2.75, 3.05) is 15.5 Å². The van der Waals surface area contributed by atoms with Crippen LogP contribution in [0, 0.1) is 24.3 Å². The Morgan fingerprint density at radius 3 is 2.41 bits per heavy atom. The highest BCUT2D eigenvalue weighted by Gasteiger charge is 2.39. The Labute approximate surface area is 216 Å². The summed E-state index contributed by atoms with van der Waals surface area (Å²) in [6.07, 6.45) is 0. The minimum Gasteiger partial charge on any atom is -0.350 e. The number of hydrogen-bond donors (Lipinski definition) is 2. The van der Waals surface area contributed by atoms with Crippen molar-refractivity contribution in [2.45, 2.75) is 20.8 Å². The fourth-order valence-electron chi connectivity index (χ4n) is 3.63. The lowest BCUT2D eigenvalue weighted by Crippen LogP contribution is -2.33. The summed E-state index contributed by atoms with van der Waals surface area (Å²) in [5, 5.41) is 5.64. The van der Waals surface area contributed by atoms with Gasteiger partial charge in [0.2, 0.25) is 0 Å². The van der Waals surface area contributed by atoms with Crippen LogP contribution in [0.15, 0.2) is 71.4 Å². The molecule has 6 nitrogen and oxygen atoms in total. The topological polar surface area (TPSA) is 78.5 Å². The van der Waals surface area contributed by atoms with Gasteiger partial charge in [-0.1, -0.05) is 29.8 Å². The molecule has 0 atom stereocenters. The predicted molar refractivity (Wildman–Crippen MR) is 143 cm³/mol. The summed E-state index contributed by atoms with van der Waals surface area (Å²) in [5.41, 5.74) is 4.68. The van der Waals surface area contributed by atoms with E-state index in [9.17, 15) is 14.4 Å². The average molecular weight is 586 g/mol. The van der Waals surface area contributed by atoms with Crippen LogP contribution in [0.25, 0.3) is 0 Å². The Morgan fingerprint density at radius 2 is 1.68 bits per heavy atom. The van der Waals surface area contributed by atoms with Crippen LogP contribution in [0.4, 0.5) is 17.1 Å². The molecule has 8 heteroatoms. The van der Waals surface area contributed by atoms with Crippen LogP contribution in [0.5, 0.6) is 0 Å². The Kier molecular flexibility index (Phi) is 6.77. The molecule has 0 fully saturated rings. The summed E-state index contributed by atoms with van der Waals surface area (Å²) >= 11 is 8.49. The lowest BCUT2D eigenvalue weighted by molar-refractivity contribution is -0.120. The second-order valence-corrected chi connectivity index (χ2v) is 9.67. The smallest absolute Gasteiger partial charge is 0.283 e. The van der Waals surface area contributed by atoms with E-state index in [-0.39, 0.29) is 16.6 Å². The standard InChI is InChI=1S/C26H21ClIN3O3/c1-14-7-8-15(2)21(11-14)31-25(33)22(27)23(26(31)34)29-19-6-4-5-17(13-19)24(32)30-20-10-9-18(28)12-16(20)3/h4-13,29H,1-3H3,(H,30,32). The van der Waals surface area contributed by atoms with E-state index in [0.29, 0.717) is 16.9 Å². The SMILES string of the molecule is Cc1ccc(C)c(N2C(=O)C(Cl)=C(Nc3cccc(C(=O)Nc4ccc(I)cc4C)c3)C2=O)c1. The van der Waals surface area contributed by atoms with E-state index in [2.05, 4.69) is 33.2 Å². The Balaban J connectivity index is 1.56. The molecule has 34 heavy (non-hydrogen) atoms. The van der Waals surface area contributed by atoms with Crippen molar-refractivity contribution in [3.8, 4) is 0 Å². The number of amides is 3. The van der Waals surface area contributed by atoms with Crippen LogP contribution in [-0.2, 0) is 9.59 Å². The zero-order valence-corrected chi connectivity index (χ0v) is 21.6. The number of nitrogens with zero attached hydrogens (tertiary/aromatic N) is 1. The van der Waals surface area contributed by atoms with Crippen LogP contribution in [0.2, 0.25) is 0 Å². The quantitative estimate of drug-likeness (QED) is 0.289. The third-order valence-electron chi connectivity index (χ3n) is 5.46. The molecule has 0 saturated carbocycles. The van der Waals surface area contributed by atoms with Crippen molar-refractivity contribution in [3.63, 3.8) is 0 Å². The van der Waals surface area contributed by atoms with Crippen molar-refractivity contribution in [3.05, 3.63) is 97.2 Å². The maximum atomic E-state index is 13.1. The minimum atomic E-state index is -0.592. The predicted octanol–water partition coefficient (Wildman–Crippen LogP) is 5.90. The van der Waals surface area contributed by atoms with Crippen molar-refractivity contribution in [1.82, 2.24) is 0 Å². The summed E-state index contributed by atoms with van der Waals surface area (Å²) in [7, 11) is 0. The van der Waals surface area contributed by atoms with E-state index < -0.39 is 11.8 Å². The fourth-order valence-corrected chi connectivity index (χ4v) is 4.49. The lowest BCUT2D eigenvalue weighted by atomic mass is 10.1. The summed E-state index contributed by atoms with van der Waals surface area (Å²) < 4.78 is 1.08. The van der Waals surface area contributed by atoms with Gasteiger partial charge in [0.05, 0.1) is 5.69 Å². The first kappa shape index (κ1) is 24.0. The van der Waals surface area contributed by atoms with E-state index in [0.717, 1.165) is 30.8 Å². The van der Waals surface area contributed by atoms with Gasteiger partial charge < -0.3 is 10.6 Å². The number of imide groups is 1. The zero-order valence-electron chi connectivity index (χ0n) is 18.7. The van der Waals surface area contributed by atoms with E-state index in [1.165, 1.54) is 0 Å². The highest BCUT2D eigenvalue weighted by atomic mass is 127. The molecular formula is C26H21ClIN3O3. The number of benzene rings is 3. The van der Waals surface area contributed by atoms with Crippen molar-refractivity contribution < 1.29 is 14.4 Å². The third-order valence-corrected chi connectivity index (χ3v) is 6.49. The third kappa shape index (κ3) is 4.71. The van der Waals surface area contributed by atoms with E-state index in [1.807, 2.05) is 51.1 Å². The Bertz CT molecular complexity index is 1380. The average Bonchev–Trinajstić information content (AvgIpc) is 3.00.